The highest BCUT2D eigenvalue weighted by molar-refractivity contribution is 5.50. The van der Waals surface area contributed by atoms with Gasteiger partial charge in [0, 0.05) is 18.7 Å². The van der Waals surface area contributed by atoms with Crippen molar-refractivity contribution in [3.63, 3.8) is 0 Å². The quantitative estimate of drug-likeness (QED) is 0.857. The van der Waals surface area contributed by atoms with E-state index in [1.54, 1.807) is 19.2 Å². The molecule has 1 saturated carbocycles. The van der Waals surface area contributed by atoms with E-state index < -0.39 is 0 Å². The van der Waals surface area contributed by atoms with Gasteiger partial charge in [0.25, 0.3) is 0 Å². The molecule has 0 spiro atoms. The predicted molar refractivity (Wildman–Crippen MR) is 65.0 cm³/mol. The Morgan fingerprint density at radius 3 is 2.82 bits per heavy atom. The zero-order valence-corrected chi connectivity index (χ0v) is 10.2. The molecule has 0 atom stereocenters. The summed E-state index contributed by atoms with van der Waals surface area (Å²) in [7, 11) is 1.57. The molecule has 1 aromatic rings. The molecule has 0 aromatic heterocycles. The van der Waals surface area contributed by atoms with Crippen LogP contribution < -0.4 is 10.1 Å². The second kappa shape index (κ2) is 5.36. The SMILES string of the molecule is CCOC1CC(Nc2cc(OC)ccc2F)C1. The van der Waals surface area contributed by atoms with Crippen molar-refractivity contribution >= 4 is 5.69 Å². The first kappa shape index (κ1) is 12.2. The van der Waals surface area contributed by atoms with Crippen molar-refractivity contribution < 1.29 is 13.9 Å². The van der Waals surface area contributed by atoms with Crippen molar-refractivity contribution in [3.05, 3.63) is 24.0 Å². The first-order valence-electron chi connectivity index (χ1n) is 5.94. The number of rotatable bonds is 5. The molecule has 0 aliphatic heterocycles. The van der Waals surface area contributed by atoms with E-state index in [4.69, 9.17) is 9.47 Å². The lowest BCUT2D eigenvalue weighted by Crippen LogP contribution is -2.41. The molecule has 0 radical (unpaired) electrons. The zero-order chi connectivity index (χ0) is 12.3. The van der Waals surface area contributed by atoms with Crippen LogP contribution in [0.25, 0.3) is 0 Å². The number of ether oxygens (including phenoxy) is 2. The standard InChI is InChI=1S/C13H18FNO2/c1-3-17-11-6-9(7-11)15-13-8-10(16-2)4-5-12(13)14/h4-5,8-9,11,15H,3,6-7H2,1-2H3. The largest absolute Gasteiger partial charge is 0.497 e. The summed E-state index contributed by atoms with van der Waals surface area (Å²) in [4.78, 5) is 0. The van der Waals surface area contributed by atoms with E-state index in [9.17, 15) is 4.39 Å². The minimum absolute atomic E-state index is 0.245. The molecule has 0 saturated heterocycles. The third kappa shape index (κ3) is 2.88. The number of halogens is 1. The smallest absolute Gasteiger partial charge is 0.146 e. The number of benzene rings is 1. The van der Waals surface area contributed by atoms with Crippen LogP contribution in [-0.4, -0.2) is 25.9 Å². The van der Waals surface area contributed by atoms with Gasteiger partial charge >= 0.3 is 0 Å². The van der Waals surface area contributed by atoms with Crippen LogP contribution in [-0.2, 0) is 4.74 Å². The van der Waals surface area contributed by atoms with E-state index in [1.165, 1.54) is 6.07 Å². The summed E-state index contributed by atoms with van der Waals surface area (Å²) < 4.78 is 24.1. The molecule has 1 fully saturated rings. The van der Waals surface area contributed by atoms with Gasteiger partial charge in [-0.3, -0.25) is 0 Å². The molecule has 0 unspecified atom stereocenters. The molecule has 94 valence electrons. The van der Waals surface area contributed by atoms with E-state index in [0.717, 1.165) is 19.4 Å². The van der Waals surface area contributed by atoms with Crippen molar-refractivity contribution in [2.45, 2.75) is 31.9 Å². The van der Waals surface area contributed by atoms with Crippen molar-refractivity contribution in [3.8, 4) is 5.75 Å². The average Bonchev–Trinajstić information content (AvgIpc) is 2.29. The van der Waals surface area contributed by atoms with E-state index >= 15 is 0 Å². The number of hydrogen-bond donors (Lipinski definition) is 1. The van der Waals surface area contributed by atoms with Crippen molar-refractivity contribution in [2.24, 2.45) is 0 Å². The zero-order valence-electron chi connectivity index (χ0n) is 10.2. The summed E-state index contributed by atoms with van der Waals surface area (Å²) in [6.07, 6.45) is 2.20. The highest BCUT2D eigenvalue weighted by atomic mass is 19.1. The van der Waals surface area contributed by atoms with Crippen LogP contribution in [0.1, 0.15) is 19.8 Å². The van der Waals surface area contributed by atoms with Crippen molar-refractivity contribution in [1.82, 2.24) is 0 Å². The summed E-state index contributed by atoms with van der Waals surface area (Å²) in [5.74, 6) is 0.417. The molecule has 2 rings (SSSR count). The minimum Gasteiger partial charge on any atom is -0.497 e. The van der Waals surface area contributed by atoms with Crippen molar-refractivity contribution in [1.29, 1.82) is 0 Å². The molecule has 1 aromatic carbocycles. The topological polar surface area (TPSA) is 30.5 Å². The predicted octanol–water partition coefficient (Wildman–Crippen LogP) is 2.81. The monoisotopic (exact) mass is 239 g/mol. The van der Waals surface area contributed by atoms with Gasteiger partial charge in [0.1, 0.15) is 11.6 Å². The molecule has 1 aliphatic carbocycles. The summed E-state index contributed by atoms with van der Waals surface area (Å²) in [5.41, 5.74) is 0.504. The molecule has 4 heteroatoms. The maximum absolute atomic E-state index is 13.5. The third-order valence-corrected chi connectivity index (χ3v) is 3.03. The Morgan fingerprint density at radius 2 is 2.18 bits per heavy atom. The fraction of sp³-hybridized carbons (Fsp3) is 0.538. The number of anilines is 1. The number of nitrogens with one attached hydrogen (secondary N) is 1. The van der Waals surface area contributed by atoms with Gasteiger partial charge in [0.2, 0.25) is 0 Å². The Morgan fingerprint density at radius 1 is 1.41 bits per heavy atom. The maximum Gasteiger partial charge on any atom is 0.146 e. The molecule has 0 heterocycles. The van der Waals surface area contributed by atoms with Gasteiger partial charge in [-0.1, -0.05) is 0 Å². The summed E-state index contributed by atoms with van der Waals surface area (Å²) in [5, 5.41) is 3.17. The molecule has 3 nitrogen and oxygen atoms in total. The van der Waals surface area contributed by atoms with Gasteiger partial charge in [0.05, 0.1) is 18.9 Å². The normalized spacial score (nSPS) is 23.0. The fourth-order valence-electron chi connectivity index (χ4n) is 2.02. The molecule has 0 bridgehead atoms. The molecule has 0 amide bonds. The highest BCUT2D eigenvalue weighted by Gasteiger charge is 2.29. The fourth-order valence-corrected chi connectivity index (χ4v) is 2.02. The second-order valence-electron chi connectivity index (χ2n) is 4.24. The summed E-state index contributed by atoms with van der Waals surface area (Å²) in [6, 6.07) is 5.01. The summed E-state index contributed by atoms with van der Waals surface area (Å²) in [6.45, 7) is 2.73. The van der Waals surface area contributed by atoms with Crippen LogP contribution in [0.2, 0.25) is 0 Å². The molecule has 1 aliphatic rings. The lowest BCUT2D eigenvalue weighted by atomic mass is 9.89. The van der Waals surface area contributed by atoms with Crippen LogP contribution in [0.5, 0.6) is 5.75 Å². The lowest BCUT2D eigenvalue weighted by molar-refractivity contribution is 0.00293. The molecular formula is C13H18FNO2. The van der Waals surface area contributed by atoms with Crippen LogP contribution >= 0.6 is 0 Å². The van der Waals surface area contributed by atoms with Gasteiger partial charge < -0.3 is 14.8 Å². The van der Waals surface area contributed by atoms with Crippen LogP contribution in [0, 0.1) is 5.82 Å². The third-order valence-electron chi connectivity index (χ3n) is 3.03. The first-order chi connectivity index (χ1) is 8.22. The van der Waals surface area contributed by atoms with E-state index in [0.29, 0.717) is 23.6 Å². The molecule has 1 N–H and O–H groups in total. The van der Waals surface area contributed by atoms with Crippen molar-refractivity contribution in [2.75, 3.05) is 19.0 Å². The minimum atomic E-state index is -0.245. The van der Waals surface area contributed by atoms with Crippen LogP contribution in [0.3, 0.4) is 0 Å². The van der Waals surface area contributed by atoms with Gasteiger partial charge in [-0.15, -0.1) is 0 Å². The second-order valence-corrected chi connectivity index (χ2v) is 4.24. The van der Waals surface area contributed by atoms with Gasteiger partial charge in [-0.2, -0.15) is 0 Å². The van der Waals surface area contributed by atoms with E-state index in [1.807, 2.05) is 6.92 Å². The Balaban J connectivity index is 1.91. The van der Waals surface area contributed by atoms with E-state index in [-0.39, 0.29) is 5.82 Å². The Hall–Kier alpha value is -1.29. The van der Waals surface area contributed by atoms with Crippen LogP contribution in [0.15, 0.2) is 18.2 Å². The maximum atomic E-state index is 13.5. The molecule has 17 heavy (non-hydrogen) atoms. The van der Waals surface area contributed by atoms with Gasteiger partial charge in [-0.25, -0.2) is 4.39 Å². The van der Waals surface area contributed by atoms with Gasteiger partial charge in [0.15, 0.2) is 0 Å². The number of methoxy groups -OCH3 is 1. The highest BCUT2D eigenvalue weighted by Crippen LogP contribution is 2.29. The van der Waals surface area contributed by atoms with Gasteiger partial charge in [-0.05, 0) is 31.9 Å². The van der Waals surface area contributed by atoms with Crippen LogP contribution in [0.4, 0.5) is 10.1 Å². The molecular weight excluding hydrogens is 221 g/mol. The van der Waals surface area contributed by atoms with E-state index in [2.05, 4.69) is 5.32 Å². The Bertz CT molecular complexity index is 378. The average molecular weight is 239 g/mol. The Kier molecular flexibility index (Phi) is 3.84. The Labute approximate surface area is 101 Å². The lowest BCUT2D eigenvalue weighted by Gasteiger charge is -2.36. The summed E-state index contributed by atoms with van der Waals surface area (Å²) >= 11 is 0. The first-order valence-corrected chi connectivity index (χ1v) is 5.94. The number of hydrogen-bond acceptors (Lipinski definition) is 3.